The van der Waals surface area contributed by atoms with Crippen LogP contribution in [0.15, 0.2) is 101 Å². The molecule has 1 saturated heterocycles. The summed E-state index contributed by atoms with van der Waals surface area (Å²) in [6, 6.07) is 25.9. The first kappa shape index (κ1) is 41.3. The molecule has 15 heteroatoms. The summed E-state index contributed by atoms with van der Waals surface area (Å²) < 4.78 is 45.2. The fraction of sp³-hybridized carbons (Fsp3) is 0.341. The summed E-state index contributed by atoms with van der Waals surface area (Å²) in [6.07, 6.45) is 6.60. The molecule has 1 N–H and O–H groups in total. The Balaban J connectivity index is 0.857. The highest BCUT2D eigenvalue weighted by Gasteiger charge is 2.26. The molecule has 1 aliphatic carbocycles. The van der Waals surface area contributed by atoms with E-state index in [1.165, 1.54) is 16.7 Å². The number of nitrogens with zero attached hydrogens (tertiary/aromatic N) is 5. The summed E-state index contributed by atoms with van der Waals surface area (Å²) in [5, 5.41) is 21.2. The van der Waals surface area contributed by atoms with Gasteiger partial charge in [-0.05, 0) is 117 Å². The first-order chi connectivity index (χ1) is 28.5. The number of anilines is 1. The summed E-state index contributed by atoms with van der Waals surface area (Å²) in [5.74, 6) is 3.15. The van der Waals surface area contributed by atoms with Crippen LogP contribution in [0.1, 0.15) is 61.5 Å². The van der Waals surface area contributed by atoms with Gasteiger partial charge in [-0.3, -0.25) is 9.59 Å². The lowest BCUT2D eigenvalue weighted by molar-refractivity contribution is 0.0888. The second-order valence-electron chi connectivity index (χ2n) is 14.8. The van der Waals surface area contributed by atoms with Crippen molar-refractivity contribution in [3.05, 3.63) is 118 Å². The van der Waals surface area contributed by atoms with Gasteiger partial charge in [-0.25, -0.2) is 8.42 Å². The van der Waals surface area contributed by atoms with E-state index in [4.69, 9.17) is 31.1 Å². The zero-order valence-corrected chi connectivity index (χ0v) is 34.4. The molecule has 0 unspecified atom stereocenters. The monoisotopic (exact) mass is 836 g/mol. The molecule has 3 heterocycles. The molecule has 1 amide bonds. The van der Waals surface area contributed by atoms with Gasteiger partial charge in [0, 0.05) is 55.6 Å². The molecule has 13 nitrogen and oxygen atoms in total. The van der Waals surface area contributed by atoms with E-state index in [0.717, 1.165) is 57.4 Å². The van der Waals surface area contributed by atoms with Crippen molar-refractivity contribution < 1.29 is 27.4 Å². The molecule has 59 heavy (non-hydrogen) atoms. The Labute approximate surface area is 348 Å². The minimum atomic E-state index is -3.47. The average molecular weight is 837 g/mol. The summed E-state index contributed by atoms with van der Waals surface area (Å²) in [5.41, 5.74) is 1.72. The minimum absolute atomic E-state index is 0.0124. The number of ether oxygens (including phenoxy) is 3. The van der Waals surface area contributed by atoms with E-state index in [2.05, 4.69) is 20.4 Å². The topological polar surface area (TPSA) is 166 Å². The molecular weight excluding hydrogens is 792 g/mol. The molecule has 1 aliphatic heterocycles. The number of piperidine rings is 1. The fourth-order valence-electron chi connectivity index (χ4n) is 7.26. The van der Waals surface area contributed by atoms with E-state index in [9.17, 15) is 18.0 Å². The highest BCUT2D eigenvalue weighted by Crippen LogP contribution is 2.36. The number of nitrogens with one attached hydrogen (secondary N) is 1. The Morgan fingerprint density at radius 2 is 1.63 bits per heavy atom. The van der Waals surface area contributed by atoms with Gasteiger partial charge in [0.25, 0.3) is 5.91 Å². The third-order valence-electron chi connectivity index (χ3n) is 10.8. The maximum atomic E-state index is 13.0. The van der Waals surface area contributed by atoms with Crippen LogP contribution in [0.5, 0.6) is 23.0 Å². The van der Waals surface area contributed by atoms with Gasteiger partial charge in [0.1, 0.15) is 29.1 Å². The molecule has 3 aromatic carbocycles. The van der Waals surface area contributed by atoms with Gasteiger partial charge in [0.15, 0.2) is 21.3 Å². The Morgan fingerprint density at radius 1 is 0.898 bits per heavy atom. The molecule has 2 fully saturated rings. The number of halogens is 1. The lowest BCUT2D eigenvalue weighted by Gasteiger charge is -2.32. The van der Waals surface area contributed by atoms with Crippen LogP contribution in [-0.4, -0.2) is 66.7 Å². The van der Waals surface area contributed by atoms with E-state index in [1.54, 1.807) is 74.8 Å². The van der Waals surface area contributed by atoms with Crippen molar-refractivity contribution in [1.82, 2.24) is 20.1 Å². The molecule has 306 valence electrons. The number of carbonyl (C=O) groups is 1. The van der Waals surface area contributed by atoms with Gasteiger partial charge in [0.2, 0.25) is 5.56 Å². The number of nitriles is 1. The molecule has 7 rings (SSSR count). The van der Waals surface area contributed by atoms with Crippen molar-refractivity contribution in [2.45, 2.75) is 62.5 Å². The van der Waals surface area contributed by atoms with Crippen LogP contribution in [-0.2, 0) is 16.9 Å². The lowest BCUT2D eigenvalue weighted by Crippen LogP contribution is -2.40. The summed E-state index contributed by atoms with van der Waals surface area (Å²) in [7, 11) is -1.82. The molecule has 0 atom stereocenters. The van der Waals surface area contributed by atoms with Gasteiger partial charge in [-0.2, -0.15) is 5.26 Å². The van der Waals surface area contributed by atoms with E-state index < -0.39 is 9.84 Å². The van der Waals surface area contributed by atoms with Gasteiger partial charge < -0.3 is 29.0 Å². The van der Waals surface area contributed by atoms with E-state index in [1.807, 2.05) is 24.3 Å². The molecule has 2 aliphatic rings. The standard InChI is InChI=1S/C44H45ClN6O7S/c1-3-59(54,55)37-15-17-41(38(25-37)31-5-19-43(52)50(2)27-31)58-35-13-11-33(12-14-35)56-28-29-20-22-51(23-21-29)42-18-16-40(48-49-42)44(53)47-32-6-9-34(10-7-32)57-36-8-4-30(26-46)39(45)24-36/h4-5,8,11-19,24-25,27,29,32,34H,3,6-7,9-10,20-23,28H2,1-2H3,(H,47,53)/t32-,34-. The third kappa shape index (κ3) is 10.2. The lowest BCUT2D eigenvalue weighted by atomic mass is 9.93. The fourth-order valence-corrected chi connectivity index (χ4v) is 8.38. The summed E-state index contributed by atoms with van der Waals surface area (Å²) in [4.78, 5) is 27.4. The van der Waals surface area contributed by atoms with E-state index in [-0.39, 0.29) is 40.0 Å². The van der Waals surface area contributed by atoms with Crippen LogP contribution >= 0.6 is 11.6 Å². The van der Waals surface area contributed by atoms with Crippen LogP contribution < -0.4 is 30.0 Å². The Hall–Kier alpha value is -5.91. The van der Waals surface area contributed by atoms with E-state index >= 15 is 0 Å². The number of pyridine rings is 1. The van der Waals surface area contributed by atoms with Crippen molar-refractivity contribution >= 4 is 33.2 Å². The number of hydrogen-bond acceptors (Lipinski definition) is 11. The van der Waals surface area contributed by atoms with Crippen LogP contribution in [0.25, 0.3) is 11.1 Å². The third-order valence-corrected chi connectivity index (χ3v) is 12.9. The Morgan fingerprint density at radius 3 is 2.29 bits per heavy atom. The number of benzene rings is 3. The number of aryl methyl sites for hydroxylation is 1. The van der Waals surface area contributed by atoms with Crippen molar-refractivity contribution in [2.75, 3.05) is 30.3 Å². The summed E-state index contributed by atoms with van der Waals surface area (Å²) in [6.45, 7) is 3.73. The van der Waals surface area contributed by atoms with Gasteiger partial charge in [0.05, 0.1) is 33.9 Å². The maximum absolute atomic E-state index is 13.0. The number of aromatic nitrogens is 3. The second-order valence-corrected chi connectivity index (χ2v) is 17.5. The normalized spacial score (nSPS) is 17.2. The van der Waals surface area contributed by atoms with Crippen LogP contribution in [0, 0.1) is 17.2 Å². The predicted molar refractivity (Wildman–Crippen MR) is 224 cm³/mol. The van der Waals surface area contributed by atoms with Crippen LogP contribution in [0.2, 0.25) is 5.02 Å². The van der Waals surface area contributed by atoms with Gasteiger partial charge >= 0.3 is 0 Å². The first-order valence-electron chi connectivity index (χ1n) is 19.7. The van der Waals surface area contributed by atoms with Crippen molar-refractivity contribution in [3.63, 3.8) is 0 Å². The Bertz CT molecular complexity index is 2490. The zero-order chi connectivity index (χ0) is 41.5. The molecule has 2 aromatic heterocycles. The highest BCUT2D eigenvalue weighted by atomic mass is 35.5. The van der Waals surface area contributed by atoms with Crippen molar-refractivity contribution in [1.29, 1.82) is 5.26 Å². The number of carbonyl (C=O) groups excluding carboxylic acids is 1. The maximum Gasteiger partial charge on any atom is 0.272 e. The first-order valence-corrected chi connectivity index (χ1v) is 21.7. The summed E-state index contributed by atoms with van der Waals surface area (Å²) >= 11 is 6.14. The molecule has 0 spiro atoms. The molecular formula is C44H45ClN6O7S. The number of sulfone groups is 1. The highest BCUT2D eigenvalue weighted by molar-refractivity contribution is 7.91. The van der Waals surface area contributed by atoms with Crippen LogP contribution in [0.4, 0.5) is 5.82 Å². The number of amides is 1. The largest absolute Gasteiger partial charge is 0.493 e. The quantitative estimate of drug-likeness (QED) is 0.126. The van der Waals surface area contributed by atoms with E-state index in [0.29, 0.717) is 57.2 Å². The van der Waals surface area contributed by atoms with Crippen molar-refractivity contribution in [2.24, 2.45) is 13.0 Å². The Kier molecular flexibility index (Phi) is 12.8. The smallest absolute Gasteiger partial charge is 0.272 e. The number of rotatable bonds is 13. The van der Waals surface area contributed by atoms with Gasteiger partial charge in [-0.1, -0.05) is 18.5 Å². The minimum Gasteiger partial charge on any atom is -0.493 e. The molecule has 0 bridgehead atoms. The SMILES string of the molecule is CCS(=O)(=O)c1ccc(Oc2ccc(OCC3CCN(c4ccc(C(=O)N[C@H]5CC[C@H](Oc6ccc(C#N)c(Cl)c6)CC5)nn4)CC3)cc2)c(-c2ccc(=O)n(C)c2)c1. The molecule has 1 saturated carbocycles. The average Bonchev–Trinajstić information content (AvgIpc) is 3.25. The van der Waals surface area contributed by atoms with Gasteiger partial charge in [-0.15, -0.1) is 10.2 Å². The predicted octanol–water partition coefficient (Wildman–Crippen LogP) is 7.37. The van der Waals surface area contributed by atoms with Crippen molar-refractivity contribution in [3.8, 4) is 40.2 Å². The molecule has 0 radical (unpaired) electrons. The second kappa shape index (κ2) is 18.3. The zero-order valence-electron chi connectivity index (χ0n) is 32.8. The number of hydrogen-bond donors (Lipinski definition) is 1. The van der Waals surface area contributed by atoms with Crippen LogP contribution in [0.3, 0.4) is 0 Å². The molecule has 5 aromatic rings.